The first-order valence-electron chi connectivity index (χ1n) is 12.1. The van der Waals surface area contributed by atoms with Gasteiger partial charge in [0, 0.05) is 19.5 Å². The maximum Gasteiger partial charge on any atom is 0.326 e. The number of nitrogens with one attached hydrogen (secondary N) is 3. The zero-order valence-electron chi connectivity index (χ0n) is 21.8. The lowest BCUT2D eigenvalue weighted by atomic mass is 10.1. The number of carbonyl (C=O) groups is 5. The highest BCUT2D eigenvalue weighted by Crippen LogP contribution is 2.06. The molecule has 5 atom stereocenters. The normalized spacial score (nSPS) is 14.4. The molecule has 39 heavy (non-hydrogen) atoms. The second-order valence-corrected chi connectivity index (χ2v) is 8.69. The number of carboxylic acid groups (broad SMARTS) is 1. The maximum atomic E-state index is 13.1. The Morgan fingerprint density at radius 2 is 1.13 bits per heavy atom. The molecule has 0 bridgehead atoms. The molecule has 0 aromatic rings. The van der Waals surface area contributed by atoms with E-state index >= 15 is 0 Å². The average molecular weight is 560 g/mol. The SMILES string of the molecule is CC(O)C(N)C(=O)NC(CCC(N)=O)C(=O)NC(CCCN=C(N)N)C(=O)NC(CCCN=C(N)N)C(=O)O. The molecule has 0 aliphatic heterocycles. The molecule has 0 aliphatic carbocycles. The number of hydrogen-bond donors (Lipinski definition) is 11. The molecule has 0 saturated heterocycles. The average Bonchev–Trinajstić information content (AvgIpc) is 2.83. The largest absolute Gasteiger partial charge is 0.480 e. The number of carbonyl (C=O) groups excluding carboxylic acids is 4. The number of aliphatic imine (C=N–C) groups is 2. The van der Waals surface area contributed by atoms with E-state index in [2.05, 4.69) is 25.9 Å². The van der Waals surface area contributed by atoms with Crippen LogP contribution >= 0.6 is 0 Å². The van der Waals surface area contributed by atoms with Crippen LogP contribution < -0.4 is 50.4 Å². The molecule has 0 spiro atoms. The number of primary amides is 1. The van der Waals surface area contributed by atoms with Gasteiger partial charge in [-0.15, -0.1) is 0 Å². The minimum atomic E-state index is -1.37. The van der Waals surface area contributed by atoms with Crippen LogP contribution in [-0.2, 0) is 24.0 Å². The third-order valence-electron chi connectivity index (χ3n) is 5.27. The second-order valence-electron chi connectivity index (χ2n) is 8.69. The standard InChI is InChI=1S/C21H41N11O7/c1-10(33)15(23)18(37)31-12(6-7-14(22)34)17(36)30-11(4-2-8-28-20(24)25)16(35)32-13(19(38)39)5-3-9-29-21(26)27/h10-13,15,33H,2-9,23H2,1H3,(H2,22,34)(H,30,36)(H,31,37)(H,32,35)(H,38,39)(H4,24,25,28)(H4,26,27,29). The van der Waals surface area contributed by atoms with E-state index in [1.54, 1.807) is 0 Å². The van der Waals surface area contributed by atoms with Crippen molar-refractivity contribution in [3.63, 3.8) is 0 Å². The Bertz CT molecular complexity index is 903. The highest BCUT2D eigenvalue weighted by atomic mass is 16.4. The summed E-state index contributed by atoms with van der Waals surface area (Å²) in [5.74, 6) is -5.00. The number of rotatable bonds is 19. The lowest BCUT2D eigenvalue weighted by Crippen LogP contribution is -2.58. The van der Waals surface area contributed by atoms with Gasteiger partial charge in [0.15, 0.2) is 11.9 Å². The zero-order valence-corrected chi connectivity index (χ0v) is 21.8. The molecular formula is C21H41N11O7. The van der Waals surface area contributed by atoms with Crippen LogP contribution in [0.5, 0.6) is 0 Å². The zero-order chi connectivity index (χ0) is 30.1. The Balaban J connectivity index is 5.70. The minimum Gasteiger partial charge on any atom is -0.480 e. The van der Waals surface area contributed by atoms with Gasteiger partial charge in [-0.1, -0.05) is 0 Å². The summed E-state index contributed by atoms with van der Waals surface area (Å²) in [5, 5.41) is 26.2. The molecule has 0 saturated carbocycles. The van der Waals surface area contributed by atoms with Crippen molar-refractivity contribution in [3.05, 3.63) is 0 Å². The summed E-state index contributed by atoms with van der Waals surface area (Å²) >= 11 is 0. The second kappa shape index (κ2) is 18.1. The van der Waals surface area contributed by atoms with Crippen molar-refractivity contribution in [1.82, 2.24) is 16.0 Å². The number of nitrogens with two attached hydrogens (primary N) is 6. The quantitative estimate of drug-likeness (QED) is 0.0401. The van der Waals surface area contributed by atoms with Crippen molar-refractivity contribution in [1.29, 1.82) is 0 Å². The molecule has 18 heteroatoms. The van der Waals surface area contributed by atoms with Crippen LogP contribution in [0.1, 0.15) is 45.4 Å². The van der Waals surface area contributed by atoms with Gasteiger partial charge in [0.1, 0.15) is 24.2 Å². The maximum absolute atomic E-state index is 13.1. The Morgan fingerprint density at radius 3 is 1.54 bits per heavy atom. The van der Waals surface area contributed by atoms with Gasteiger partial charge in [-0.2, -0.15) is 0 Å². The van der Waals surface area contributed by atoms with Crippen molar-refractivity contribution >= 4 is 41.5 Å². The molecule has 0 aromatic heterocycles. The van der Waals surface area contributed by atoms with Crippen molar-refractivity contribution in [2.75, 3.05) is 13.1 Å². The predicted octanol–water partition coefficient (Wildman–Crippen LogP) is -5.39. The topological polar surface area (TPSA) is 343 Å². The number of carboxylic acids is 1. The fourth-order valence-electron chi connectivity index (χ4n) is 3.12. The molecule has 0 aromatic carbocycles. The molecule has 0 heterocycles. The molecule has 0 aliphatic rings. The highest BCUT2D eigenvalue weighted by molar-refractivity contribution is 5.94. The van der Waals surface area contributed by atoms with Gasteiger partial charge < -0.3 is 60.6 Å². The number of aliphatic hydroxyl groups excluding tert-OH is 1. The van der Waals surface area contributed by atoms with E-state index in [9.17, 15) is 34.2 Å². The number of guanidine groups is 2. The first-order chi connectivity index (χ1) is 18.1. The first kappa shape index (κ1) is 34.8. The van der Waals surface area contributed by atoms with Gasteiger partial charge in [0.05, 0.1) is 6.10 Å². The van der Waals surface area contributed by atoms with Gasteiger partial charge in [0.25, 0.3) is 0 Å². The number of aliphatic hydroxyl groups is 1. The molecule has 0 radical (unpaired) electrons. The van der Waals surface area contributed by atoms with Gasteiger partial charge in [-0.25, -0.2) is 4.79 Å². The molecule has 18 nitrogen and oxygen atoms in total. The van der Waals surface area contributed by atoms with Crippen molar-refractivity contribution in [2.24, 2.45) is 44.4 Å². The number of hydrogen-bond acceptors (Lipinski definition) is 9. The van der Waals surface area contributed by atoms with Crippen molar-refractivity contribution in [2.45, 2.75) is 75.7 Å². The van der Waals surface area contributed by atoms with Gasteiger partial charge in [-0.05, 0) is 39.0 Å². The summed E-state index contributed by atoms with van der Waals surface area (Å²) in [6.45, 7) is 1.51. The van der Waals surface area contributed by atoms with E-state index in [1.807, 2.05) is 0 Å². The molecule has 222 valence electrons. The number of nitrogens with zero attached hydrogens (tertiary/aromatic N) is 2. The fraction of sp³-hybridized carbons (Fsp3) is 0.667. The van der Waals surface area contributed by atoms with Crippen LogP contribution in [0.4, 0.5) is 0 Å². The van der Waals surface area contributed by atoms with Crippen LogP contribution in [0.15, 0.2) is 9.98 Å². The Kier molecular flexibility index (Phi) is 16.2. The summed E-state index contributed by atoms with van der Waals surface area (Å²) in [5.41, 5.74) is 31.8. The number of amides is 4. The Labute approximate surface area is 225 Å². The smallest absolute Gasteiger partial charge is 0.326 e. The molecular weight excluding hydrogens is 518 g/mol. The van der Waals surface area contributed by atoms with E-state index in [0.29, 0.717) is 0 Å². The van der Waals surface area contributed by atoms with Crippen LogP contribution in [-0.4, -0.2) is 95.1 Å². The summed E-state index contributed by atoms with van der Waals surface area (Å²) in [7, 11) is 0. The molecule has 0 rings (SSSR count). The molecule has 0 fully saturated rings. The monoisotopic (exact) mass is 559 g/mol. The van der Waals surface area contributed by atoms with Crippen LogP contribution in [0.3, 0.4) is 0 Å². The van der Waals surface area contributed by atoms with Crippen LogP contribution in [0.25, 0.3) is 0 Å². The van der Waals surface area contributed by atoms with Crippen LogP contribution in [0, 0.1) is 0 Å². The molecule has 4 amide bonds. The van der Waals surface area contributed by atoms with Gasteiger partial charge in [-0.3, -0.25) is 29.2 Å². The fourth-order valence-corrected chi connectivity index (χ4v) is 3.12. The Morgan fingerprint density at radius 1 is 0.718 bits per heavy atom. The third-order valence-corrected chi connectivity index (χ3v) is 5.27. The van der Waals surface area contributed by atoms with Crippen molar-refractivity contribution in [3.8, 4) is 0 Å². The molecule has 17 N–H and O–H groups in total. The van der Waals surface area contributed by atoms with Crippen LogP contribution in [0.2, 0.25) is 0 Å². The minimum absolute atomic E-state index is 0.0129. The Hall–Kier alpha value is -4.19. The summed E-state index contributed by atoms with van der Waals surface area (Å²) in [4.78, 5) is 68.9. The van der Waals surface area contributed by atoms with Gasteiger partial charge in [0.2, 0.25) is 23.6 Å². The van der Waals surface area contributed by atoms with E-state index in [0.717, 1.165) is 0 Å². The summed E-state index contributed by atoms with van der Waals surface area (Å²) in [6, 6.07) is -5.32. The third kappa shape index (κ3) is 15.6. The highest BCUT2D eigenvalue weighted by Gasteiger charge is 2.31. The lowest BCUT2D eigenvalue weighted by molar-refractivity contribution is -0.142. The number of aliphatic carboxylic acids is 1. The van der Waals surface area contributed by atoms with Gasteiger partial charge >= 0.3 is 5.97 Å². The van der Waals surface area contributed by atoms with E-state index in [-0.39, 0.29) is 63.5 Å². The predicted molar refractivity (Wildman–Crippen MR) is 141 cm³/mol. The summed E-state index contributed by atoms with van der Waals surface area (Å²) in [6.07, 6.45) is -1.34. The lowest BCUT2D eigenvalue weighted by Gasteiger charge is -2.25. The first-order valence-corrected chi connectivity index (χ1v) is 12.1. The van der Waals surface area contributed by atoms with E-state index < -0.39 is 59.9 Å². The van der Waals surface area contributed by atoms with E-state index in [1.165, 1.54) is 6.92 Å². The van der Waals surface area contributed by atoms with Crippen molar-refractivity contribution < 1.29 is 34.2 Å². The molecule has 5 unspecified atom stereocenters. The summed E-state index contributed by atoms with van der Waals surface area (Å²) < 4.78 is 0. The van der Waals surface area contributed by atoms with E-state index in [4.69, 9.17) is 34.4 Å².